The molecule has 0 aliphatic carbocycles. The fourth-order valence-electron chi connectivity index (χ4n) is 1.69. The largest absolute Gasteiger partial charge is 0.396 e. The third kappa shape index (κ3) is 4.26. The average molecular weight is 206 g/mol. The molecule has 1 aromatic rings. The van der Waals surface area contributed by atoms with Crippen LogP contribution in [0.3, 0.4) is 0 Å². The van der Waals surface area contributed by atoms with Crippen molar-refractivity contribution < 1.29 is 9.90 Å². The molecule has 1 aromatic carbocycles. The van der Waals surface area contributed by atoms with Crippen molar-refractivity contribution in [3.05, 3.63) is 35.9 Å². The van der Waals surface area contributed by atoms with E-state index in [1.165, 1.54) is 5.56 Å². The summed E-state index contributed by atoms with van der Waals surface area (Å²) < 4.78 is 0. The topological polar surface area (TPSA) is 37.3 Å². The van der Waals surface area contributed by atoms with Gasteiger partial charge in [0, 0.05) is 12.5 Å². The van der Waals surface area contributed by atoms with E-state index in [0.717, 1.165) is 12.8 Å². The van der Waals surface area contributed by atoms with Gasteiger partial charge >= 0.3 is 0 Å². The van der Waals surface area contributed by atoms with Crippen LogP contribution in [0.5, 0.6) is 0 Å². The van der Waals surface area contributed by atoms with Gasteiger partial charge in [-0.1, -0.05) is 30.3 Å². The molecular formula is C13H18O2. The molecule has 82 valence electrons. The summed E-state index contributed by atoms with van der Waals surface area (Å²) in [5.41, 5.74) is 1.25. The molecule has 0 saturated heterocycles. The smallest absolute Gasteiger partial charge is 0.133 e. The van der Waals surface area contributed by atoms with Gasteiger partial charge in [0.1, 0.15) is 5.78 Å². The molecule has 1 N–H and O–H groups in total. The summed E-state index contributed by atoms with van der Waals surface area (Å²) in [6.07, 6.45) is 2.33. The second-order valence-electron chi connectivity index (χ2n) is 3.84. The Morgan fingerprint density at radius 2 is 1.93 bits per heavy atom. The lowest BCUT2D eigenvalue weighted by Gasteiger charge is -2.11. The number of aliphatic hydroxyl groups is 1. The molecule has 0 amide bonds. The Bertz CT molecular complexity index is 293. The van der Waals surface area contributed by atoms with E-state index in [-0.39, 0.29) is 18.3 Å². The lowest BCUT2D eigenvalue weighted by Crippen LogP contribution is -2.13. The fraction of sp³-hybridized carbons (Fsp3) is 0.462. The Balaban J connectivity index is 2.43. The van der Waals surface area contributed by atoms with Crippen LogP contribution in [0.2, 0.25) is 0 Å². The molecule has 0 bridgehead atoms. The predicted octanol–water partition coefficient (Wildman–Crippen LogP) is 2.21. The summed E-state index contributed by atoms with van der Waals surface area (Å²) >= 11 is 0. The van der Waals surface area contributed by atoms with Gasteiger partial charge in [0.2, 0.25) is 0 Å². The maximum atomic E-state index is 11.2. The SMILES string of the molecule is CC(=O)C(CCO)CCc1ccccc1. The first-order valence-corrected chi connectivity index (χ1v) is 5.39. The highest BCUT2D eigenvalue weighted by Crippen LogP contribution is 2.13. The average Bonchev–Trinajstić information content (AvgIpc) is 2.25. The minimum absolute atomic E-state index is 0.00945. The van der Waals surface area contributed by atoms with Gasteiger partial charge < -0.3 is 5.11 Å². The van der Waals surface area contributed by atoms with Crippen molar-refractivity contribution in [2.75, 3.05) is 6.61 Å². The molecule has 1 rings (SSSR count). The number of rotatable bonds is 6. The number of Topliss-reactive ketones (excluding diaryl/α,β-unsaturated/α-hetero) is 1. The van der Waals surface area contributed by atoms with Crippen molar-refractivity contribution in [2.45, 2.75) is 26.2 Å². The molecule has 2 nitrogen and oxygen atoms in total. The Hall–Kier alpha value is -1.15. The van der Waals surface area contributed by atoms with Crippen LogP contribution < -0.4 is 0 Å². The summed E-state index contributed by atoms with van der Waals surface area (Å²) in [5, 5.41) is 8.83. The van der Waals surface area contributed by atoms with Crippen molar-refractivity contribution in [2.24, 2.45) is 5.92 Å². The fourth-order valence-corrected chi connectivity index (χ4v) is 1.69. The van der Waals surface area contributed by atoms with E-state index in [0.29, 0.717) is 6.42 Å². The summed E-state index contributed by atoms with van der Waals surface area (Å²) in [6, 6.07) is 10.1. The first-order valence-electron chi connectivity index (χ1n) is 5.39. The summed E-state index contributed by atoms with van der Waals surface area (Å²) in [4.78, 5) is 11.2. The van der Waals surface area contributed by atoms with E-state index in [9.17, 15) is 4.79 Å². The molecule has 0 radical (unpaired) electrons. The first kappa shape index (κ1) is 11.9. The highest BCUT2D eigenvalue weighted by atomic mass is 16.3. The van der Waals surface area contributed by atoms with E-state index >= 15 is 0 Å². The van der Waals surface area contributed by atoms with Gasteiger partial charge in [-0.05, 0) is 31.7 Å². The first-order chi connectivity index (χ1) is 7.24. The molecule has 0 aliphatic heterocycles. The van der Waals surface area contributed by atoms with Crippen molar-refractivity contribution >= 4 is 5.78 Å². The number of hydrogen-bond acceptors (Lipinski definition) is 2. The van der Waals surface area contributed by atoms with Gasteiger partial charge in [-0.2, -0.15) is 0 Å². The number of hydrogen-bond donors (Lipinski definition) is 1. The Labute approximate surface area is 90.9 Å². The quantitative estimate of drug-likeness (QED) is 0.774. The normalized spacial score (nSPS) is 12.4. The van der Waals surface area contributed by atoms with Crippen LogP contribution in [-0.2, 0) is 11.2 Å². The van der Waals surface area contributed by atoms with Crippen molar-refractivity contribution in [1.82, 2.24) is 0 Å². The maximum Gasteiger partial charge on any atom is 0.133 e. The molecule has 1 unspecified atom stereocenters. The lowest BCUT2D eigenvalue weighted by molar-refractivity contribution is -0.121. The summed E-state index contributed by atoms with van der Waals surface area (Å²) in [6.45, 7) is 1.70. The third-order valence-electron chi connectivity index (χ3n) is 2.68. The molecule has 2 heteroatoms. The summed E-state index contributed by atoms with van der Waals surface area (Å²) in [7, 11) is 0. The van der Waals surface area contributed by atoms with Crippen molar-refractivity contribution in [1.29, 1.82) is 0 Å². The van der Waals surface area contributed by atoms with Crippen LogP contribution in [0, 0.1) is 5.92 Å². The number of benzene rings is 1. The van der Waals surface area contributed by atoms with Gasteiger partial charge in [-0.3, -0.25) is 4.79 Å². The molecule has 0 aliphatic rings. The van der Waals surface area contributed by atoms with Crippen LogP contribution >= 0.6 is 0 Å². The molecule has 0 heterocycles. The number of aryl methyl sites for hydroxylation is 1. The molecular weight excluding hydrogens is 188 g/mol. The van der Waals surface area contributed by atoms with Gasteiger partial charge in [0.15, 0.2) is 0 Å². The molecule has 0 fully saturated rings. The van der Waals surface area contributed by atoms with Gasteiger partial charge in [-0.15, -0.1) is 0 Å². The van der Waals surface area contributed by atoms with Crippen LogP contribution in [-0.4, -0.2) is 17.5 Å². The molecule has 1 atom stereocenters. The van der Waals surface area contributed by atoms with Gasteiger partial charge in [0.05, 0.1) is 0 Å². The van der Waals surface area contributed by atoms with Crippen LogP contribution in [0.1, 0.15) is 25.3 Å². The lowest BCUT2D eigenvalue weighted by atomic mass is 9.94. The number of carbonyl (C=O) groups excluding carboxylic acids is 1. The highest BCUT2D eigenvalue weighted by Gasteiger charge is 2.12. The molecule has 0 aromatic heterocycles. The van der Waals surface area contributed by atoms with Crippen LogP contribution in [0.25, 0.3) is 0 Å². The minimum Gasteiger partial charge on any atom is -0.396 e. The van der Waals surface area contributed by atoms with E-state index in [4.69, 9.17) is 5.11 Å². The number of aliphatic hydroxyl groups excluding tert-OH is 1. The van der Waals surface area contributed by atoms with Gasteiger partial charge in [-0.25, -0.2) is 0 Å². The second-order valence-corrected chi connectivity index (χ2v) is 3.84. The molecule has 15 heavy (non-hydrogen) atoms. The van der Waals surface area contributed by atoms with E-state index < -0.39 is 0 Å². The van der Waals surface area contributed by atoms with Crippen molar-refractivity contribution in [3.63, 3.8) is 0 Å². The van der Waals surface area contributed by atoms with Crippen LogP contribution in [0.4, 0.5) is 0 Å². The van der Waals surface area contributed by atoms with E-state index in [2.05, 4.69) is 12.1 Å². The Morgan fingerprint density at radius 3 is 2.47 bits per heavy atom. The third-order valence-corrected chi connectivity index (χ3v) is 2.68. The van der Waals surface area contributed by atoms with E-state index in [1.807, 2.05) is 18.2 Å². The van der Waals surface area contributed by atoms with E-state index in [1.54, 1.807) is 6.92 Å². The highest BCUT2D eigenvalue weighted by molar-refractivity contribution is 5.78. The monoisotopic (exact) mass is 206 g/mol. The molecule has 0 spiro atoms. The standard InChI is InChI=1S/C13H18O2/c1-11(15)13(9-10-14)8-7-12-5-3-2-4-6-12/h2-6,13-14H,7-10H2,1H3. The minimum atomic E-state index is 0.00945. The number of ketones is 1. The zero-order chi connectivity index (χ0) is 11.1. The zero-order valence-electron chi connectivity index (χ0n) is 9.15. The summed E-state index contributed by atoms with van der Waals surface area (Å²) in [5.74, 6) is 0.190. The molecule has 0 saturated carbocycles. The Kier molecular flexibility index (Phi) is 5.05. The predicted molar refractivity (Wildman–Crippen MR) is 60.6 cm³/mol. The second kappa shape index (κ2) is 6.36. The Morgan fingerprint density at radius 1 is 1.27 bits per heavy atom. The van der Waals surface area contributed by atoms with Gasteiger partial charge in [0.25, 0.3) is 0 Å². The van der Waals surface area contributed by atoms with Crippen LogP contribution in [0.15, 0.2) is 30.3 Å². The number of carbonyl (C=O) groups is 1. The van der Waals surface area contributed by atoms with Crippen molar-refractivity contribution in [3.8, 4) is 0 Å². The maximum absolute atomic E-state index is 11.2. The zero-order valence-corrected chi connectivity index (χ0v) is 9.15.